The van der Waals surface area contributed by atoms with Gasteiger partial charge in [-0.15, -0.1) is 0 Å². The Morgan fingerprint density at radius 3 is 2.78 bits per heavy atom. The summed E-state index contributed by atoms with van der Waals surface area (Å²) in [5.74, 6) is 0.579. The van der Waals surface area contributed by atoms with E-state index in [1.165, 1.54) is 0 Å². The molecule has 1 saturated heterocycles. The molecule has 2 heterocycles. The minimum absolute atomic E-state index is 0.116. The van der Waals surface area contributed by atoms with Crippen LogP contribution in [0.15, 0.2) is 42.6 Å². The van der Waals surface area contributed by atoms with Crippen LogP contribution < -0.4 is 5.32 Å². The van der Waals surface area contributed by atoms with E-state index in [1.54, 1.807) is 6.20 Å². The topological polar surface area (TPSA) is 87.5 Å². The summed E-state index contributed by atoms with van der Waals surface area (Å²) in [5, 5.41) is 22.8. The average Bonchev–Trinajstić information content (AvgIpc) is 2.60. The smallest absolute Gasteiger partial charge is 0.159 e. The monoisotopic (exact) mass is 315 g/mol. The molecule has 1 fully saturated rings. The molecule has 1 aromatic heterocycles. The van der Waals surface area contributed by atoms with Crippen molar-refractivity contribution in [1.29, 1.82) is 0 Å². The Bertz CT molecular complexity index is 623. The summed E-state index contributed by atoms with van der Waals surface area (Å²) >= 11 is 0. The zero-order chi connectivity index (χ0) is 16.1. The molecular formula is C17H21N3O3. The van der Waals surface area contributed by atoms with Crippen molar-refractivity contribution in [3.8, 4) is 11.4 Å². The van der Waals surface area contributed by atoms with Gasteiger partial charge in [0.25, 0.3) is 0 Å². The zero-order valence-electron chi connectivity index (χ0n) is 12.8. The summed E-state index contributed by atoms with van der Waals surface area (Å²) in [7, 11) is 0. The molecule has 0 spiro atoms. The van der Waals surface area contributed by atoms with Gasteiger partial charge in [0.1, 0.15) is 6.10 Å². The van der Waals surface area contributed by atoms with E-state index in [9.17, 15) is 10.2 Å². The Kier molecular flexibility index (Phi) is 5.30. The number of benzene rings is 1. The van der Waals surface area contributed by atoms with Gasteiger partial charge in [0.2, 0.25) is 0 Å². The lowest BCUT2D eigenvalue weighted by Gasteiger charge is -2.31. The number of ether oxygens (including phenoxy) is 1. The summed E-state index contributed by atoms with van der Waals surface area (Å²) < 4.78 is 5.27. The van der Waals surface area contributed by atoms with E-state index in [1.807, 2.05) is 36.4 Å². The van der Waals surface area contributed by atoms with Crippen molar-refractivity contribution < 1.29 is 14.9 Å². The van der Waals surface area contributed by atoms with E-state index in [2.05, 4.69) is 15.3 Å². The second-order valence-electron chi connectivity index (χ2n) is 5.72. The SMILES string of the molecule is O[C@H]1[C@H](CNCc2ccnc(-c3ccccc3)n2)COC[C@H]1O. The van der Waals surface area contributed by atoms with Gasteiger partial charge in [0, 0.05) is 30.8 Å². The minimum atomic E-state index is -0.806. The third-order valence-electron chi connectivity index (χ3n) is 3.96. The second kappa shape index (κ2) is 7.61. The van der Waals surface area contributed by atoms with Crippen molar-refractivity contribution in [3.63, 3.8) is 0 Å². The Balaban J connectivity index is 1.57. The molecule has 0 bridgehead atoms. The summed E-state index contributed by atoms with van der Waals surface area (Å²) in [4.78, 5) is 8.84. The number of hydrogen-bond acceptors (Lipinski definition) is 6. The lowest BCUT2D eigenvalue weighted by Crippen LogP contribution is -2.47. The number of nitrogens with one attached hydrogen (secondary N) is 1. The molecular weight excluding hydrogens is 294 g/mol. The van der Waals surface area contributed by atoms with Crippen LogP contribution in [0.3, 0.4) is 0 Å². The molecule has 0 radical (unpaired) electrons. The molecule has 3 atom stereocenters. The van der Waals surface area contributed by atoms with Crippen LogP contribution in [0, 0.1) is 5.92 Å². The first-order valence-corrected chi connectivity index (χ1v) is 7.76. The van der Waals surface area contributed by atoms with Crippen molar-refractivity contribution >= 4 is 0 Å². The highest BCUT2D eigenvalue weighted by Crippen LogP contribution is 2.15. The number of rotatable bonds is 5. The lowest BCUT2D eigenvalue weighted by molar-refractivity contribution is -0.119. The summed E-state index contributed by atoms with van der Waals surface area (Å²) in [6.45, 7) is 1.78. The van der Waals surface area contributed by atoms with Crippen molar-refractivity contribution in [1.82, 2.24) is 15.3 Å². The van der Waals surface area contributed by atoms with Gasteiger partial charge >= 0.3 is 0 Å². The first-order valence-electron chi connectivity index (χ1n) is 7.76. The predicted molar refractivity (Wildman–Crippen MR) is 85.5 cm³/mol. The number of aliphatic hydroxyl groups is 2. The molecule has 23 heavy (non-hydrogen) atoms. The van der Waals surface area contributed by atoms with E-state index in [4.69, 9.17) is 4.74 Å². The van der Waals surface area contributed by atoms with Crippen LogP contribution in [0.25, 0.3) is 11.4 Å². The van der Waals surface area contributed by atoms with Crippen LogP contribution in [0.1, 0.15) is 5.69 Å². The molecule has 0 aliphatic carbocycles. The Morgan fingerprint density at radius 1 is 1.13 bits per heavy atom. The first-order chi connectivity index (χ1) is 11.2. The van der Waals surface area contributed by atoms with Crippen LogP contribution in [-0.4, -0.2) is 52.1 Å². The van der Waals surface area contributed by atoms with Crippen LogP contribution in [-0.2, 0) is 11.3 Å². The number of aromatic nitrogens is 2. The van der Waals surface area contributed by atoms with E-state index in [0.717, 1.165) is 11.3 Å². The number of hydrogen-bond donors (Lipinski definition) is 3. The van der Waals surface area contributed by atoms with E-state index >= 15 is 0 Å². The largest absolute Gasteiger partial charge is 0.390 e. The standard InChI is InChI=1S/C17H21N3O3/c21-15-11-23-10-13(16(15)22)8-18-9-14-6-7-19-17(20-14)12-4-2-1-3-5-12/h1-7,13,15-16,18,21-22H,8-11H2/t13-,15-,16+/m1/s1. The fraction of sp³-hybridized carbons (Fsp3) is 0.412. The van der Waals surface area contributed by atoms with Crippen molar-refractivity contribution in [3.05, 3.63) is 48.3 Å². The van der Waals surface area contributed by atoms with Gasteiger partial charge in [-0.2, -0.15) is 0 Å². The molecule has 1 aromatic carbocycles. The van der Waals surface area contributed by atoms with Gasteiger partial charge in [-0.3, -0.25) is 0 Å². The van der Waals surface area contributed by atoms with Gasteiger partial charge in [-0.25, -0.2) is 9.97 Å². The summed E-state index contributed by atoms with van der Waals surface area (Å²) in [6, 6.07) is 11.7. The number of aliphatic hydroxyl groups excluding tert-OH is 2. The minimum Gasteiger partial charge on any atom is -0.390 e. The maximum Gasteiger partial charge on any atom is 0.159 e. The van der Waals surface area contributed by atoms with Crippen LogP contribution in [0.2, 0.25) is 0 Å². The van der Waals surface area contributed by atoms with E-state index in [-0.39, 0.29) is 12.5 Å². The maximum absolute atomic E-state index is 9.93. The molecule has 6 heteroatoms. The van der Waals surface area contributed by atoms with Crippen LogP contribution in [0.5, 0.6) is 0 Å². The number of nitrogens with zero attached hydrogens (tertiary/aromatic N) is 2. The Morgan fingerprint density at radius 2 is 1.96 bits per heavy atom. The molecule has 122 valence electrons. The van der Waals surface area contributed by atoms with Crippen molar-refractivity contribution in [2.45, 2.75) is 18.8 Å². The first kappa shape index (κ1) is 16.0. The van der Waals surface area contributed by atoms with Gasteiger partial charge < -0.3 is 20.3 Å². The highest BCUT2D eigenvalue weighted by Gasteiger charge is 2.30. The molecule has 0 unspecified atom stereocenters. The highest BCUT2D eigenvalue weighted by molar-refractivity contribution is 5.54. The molecule has 2 aromatic rings. The summed E-state index contributed by atoms with van der Waals surface area (Å²) in [6.07, 6.45) is 0.190. The molecule has 1 aliphatic heterocycles. The maximum atomic E-state index is 9.93. The zero-order valence-corrected chi connectivity index (χ0v) is 12.8. The predicted octanol–water partition coefficient (Wildman–Crippen LogP) is 0.601. The Hall–Kier alpha value is -1.86. The summed E-state index contributed by atoms with van der Waals surface area (Å²) in [5.41, 5.74) is 1.86. The normalized spacial score (nSPS) is 24.5. The second-order valence-corrected chi connectivity index (χ2v) is 5.72. The quantitative estimate of drug-likeness (QED) is 0.749. The molecule has 6 nitrogen and oxygen atoms in total. The Labute approximate surface area is 135 Å². The van der Waals surface area contributed by atoms with Crippen molar-refractivity contribution in [2.24, 2.45) is 5.92 Å². The molecule has 3 rings (SSSR count). The average molecular weight is 315 g/mol. The molecule has 3 N–H and O–H groups in total. The highest BCUT2D eigenvalue weighted by atomic mass is 16.5. The van der Waals surface area contributed by atoms with Gasteiger partial charge in [-0.1, -0.05) is 30.3 Å². The molecule has 0 saturated carbocycles. The fourth-order valence-corrected chi connectivity index (χ4v) is 2.64. The van der Waals surface area contributed by atoms with Crippen LogP contribution >= 0.6 is 0 Å². The van der Waals surface area contributed by atoms with Gasteiger partial charge in [0.15, 0.2) is 5.82 Å². The van der Waals surface area contributed by atoms with Crippen LogP contribution in [0.4, 0.5) is 0 Å². The molecule has 1 aliphatic rings. The molecule has 0 amide bonds. The third-order valence-corrected chi connectivity index (χ3v) is 3.96. The van der Waals surface area contributed by atoms with E-state index in [0.29, 0.717) is 25.5 Å². The van der Waals surface area contributed by atoms with Crippen molar-refractivity contribution in [2.75, 3.05) is 19.8 Å². The van der Waals surface area contributed by atoms with Gasteiger partial charge in [0.05, 0.1) is 25.0 Å². The van der Waals surface area contributed by atoms with Gasteiger partial charge in [-0.05, 0) is 6.07 Å². The lowest BCUT2D eigenvalue weighted by atomic mass is 9.96. The fourth-order valence-electron chi connectivity index (χ4n) is 2.64. The third kappa shape index (κ3) is 4.11. The van der Waals surface area contributed by atoms with E-state index < -0.39 is 12.2 Å².